The summed E-state index contributed by atoms with van der Waals surface area (Å²) in [5, 5.41) is 3.49. The lowest BCUT2D eigenvalue weighted by atomic mass is 9.97. The maximum atomic E-state index is 12.7. The van der Waals surface area contributed by atoms with E-state index < -0.39 is 0 Å². The van der Waals surface area contributed by atoms with Crippen LogP contribution in [0.5, 0.6) is 0 Å². The largest absolute Gasteiger partial charge is 0.369 e. The molecule has 0 aromatic heterocycles. The van der Waals surface area contributed by atoms with Crippen molar-refractivity contribution in [1.29, 1.82) is 0 Å². The highest BCUT2D eigenvalue weighted by atomic mass is 35.5. The molecule has 2 aromatic rings. The van der Waals surface area contributed by atoms with Gasteiger partial charge in [0.25, 0.3) is 0 Å². The zero-order chi connectivity index (χ0) is 20.8. The third-order valence-corrected chi connectivity index (χ3v) is 6.44. The Bertz CT molecular complexity index is 859. The van der Waals surface area contributed by atoms with Gasteiger partial charge in [-0.1, -0.05) is 29.8 Å². The molecule has 154 valence electrons. The number of primary amides is 1. The molecule has 0 saturated carbocycles. The Kier molecular flexibility index (Phi) is 7.58. The molecule has 0 radical (unpaired) electrons. The summed E-state index contributed by atoms with van der Waals surface area (Å²) in [4.78, 5) is 27.5. The number of nitrogens with zero attached hydrogens (tertiary/aromatic N) is 1. The molecule has 1 saturated heterocycles. The minimum Gasteiger partial charge on any atom is -0.369 e. The first-order valence-corrected chi connectivity index (χ1v) is 11.0. The number of carbonyl (C=O) groups excluding carboxylic acids is 2. The highest BCUT2D eigenvalue weighted by Crippen LogP contribution is 2.27. The molecule has 3 N–H and O–H groups in total. The molecule has 1 fully saturated rings. The van der Waals surface area contributed by atoms with E-state index in [1.54, 1.807) is 0 Å². The summed E-state index contributed by atoms with van der Waals surface area (Å²) in [6.45, 7) is 4.16. The average Bonchev–Trinajstić information content (AvgIpc) is 2.71. The van der Waals surface area contributed by atoms with Crippen molar-refractivity contribution < 1.29 is 9.59 Å². The van der Waals surface area contributed by atoms with Crippen LogP contribution in [0.1, 0.15) is 25.3 Å². The third-order valence-electron chi connectivity index (χ3n) is 5.07. The van der Waals surface area contributed by atoms with Crippen LogP contribution in [0, 0.1) is 5.92 Å². The number of nitrogens with two attached hydrogens (primary N) is 1. The van der Waals surface area contributed by atoms with Gasteiger partial charge in [0.05, 0.1) is 11.2 Å². The number of piperidine rings is 1. The fourth-order valence-electron chi connectivity index (χ4n) is 3.46. The van der Waals surface area contributed by atoms with Gasteiger partial charge in [-0.05, 0) is 62.2 Å². The fraction of sp³-hybridized carbons (Fsp3) is 0.364. The van der Waals surface area contributed by atoms with E-state index in [1.165, 1.54) is 11.8 Å². The van der Waals surface area contributed by atoms with Gasteiger partial charge in [-0.15, -0.1) is 11.8 Å². The zero-order valence-corrected chi connectivity index (χ0v) is 18.0. The summed E-state index contributed by atoms with van der Waals surface area (Å²) in [6.07, 6.45) is 1.81. The predicted octanol–water partition coefficient (Wildman–Crippen LogP) is 4.16. The summed E-state index contributed by atoms with van der Waals surface area (Å²) in [6, 6.07) is 15.3. The summed E-state index contributed by atoms with van der Waals surface area (Å²) >= 11 is 7.42. The first-order valence-electron chi connectivity index (χ1n) is 9.75. The summed E-state index contributed by atoms with van der Waals surface area (Å²) < 4.78 is 0. The maximum Gasteiger partial charge on any atom is 0.237 e. The lowest BCUT2D eigenvalue weighted by molar-refractivity contribution is -0.123. The standard InChI is InChI=1S/C22H26ClN3O2S/c1-15(29-19-10-8-18(23)9-11-19)22(28)25-20-7-3-2-5-16(20)13-26-12-4-6-17(14-26)21(24)27/h2-3,5,7-11,15,17H,4,6,12-14H2,1H3,(H2,24,27)(H,25,28). The monoisotopic (exact) mass is 431 g/mol. The lowest BCUT2D eigenvalue weighted by Crippen LogP contribution is -2.40. The lowest BCUT2D eigenvalue weighted by Gasteiger charge is -2.31. The molecule has 2 aromatic carbocycles. The van der Waals surface area contributed by atoms with Crippen molar-refractivity contribution in [2.45, 2.75) is 36.5 Å². The first kappa shape index (κ1) is 21.7. The molecule has 2 atom stereocenters. The number of rotatable bonds is 7. The molecule has 0 spiro atoms. The van der Waals surface area contributed by atoms with Crippen LogP contribution in [-0.4, -0.2) is 35.1 Å². The van der Waals surface area contributed by atoms with E-state index in [9.17, 15) is 9.59 Å². The van der Waals surface area contributed by atoms with E-state index in [-0.39, 0.29) is 23.0 Å². The summed E-state index contributed by atoms with van der Waals surface area (Å²) in [7, 11) is 0. The topological polar surface area (TPSA) is 75.4 Å². The van der Waals surface area contributed by atoms with Crippen LogP contribution in [0.3, 0.4) is 0 Å². The number of para-hydroxylation sites is 1. The van der Waals surface area contributed by atoms with Crippen LogP contribution >= 0.6 is 23.4 Å². The van der Waals surface area contributed by atoms with Crippen molar-refractivity contribution in [2.75, 3.05) is 18.4 Å². The maximum absolute atomic E-state index is 12.7. The molecule has 1 aliphatic heterocycles. The normalized spacial score (nSPS) is 18.2. The molecule has 2 amide bonds. The van der Waals surface area contributed by atoms with Crippen LogP contribution in [-0.2, 0) is 16.1 Å². The van der Waals surface area contributed by atoms with E-state index in [0.29, 0.717) is 18.1 Å². The van der Waals surface area contributed by atoms with E-state index >= 15 is 0 Å². The average molecular weight is 432 g/mol. The number of hydrogen-bond acceptors (Lipinski definition) is 4. The zero-order valence-electron chi connectivity index (χ0n) is 16.4. The molecular formula is C22H26ClN3O2S. The highest BCUT2D eigenvalue weighted by molar-refractivity contribution is 8.00. The van der Waals surface area contributed by atoms with Gasteiger partial charge < -0.3 is 11.1 Å². The number of hydrogen-bond donors (Lipinski definition) is 2. The molecule has 29 heavy (non-hydrogen) atoms. The first-order chi connectivity index (χ1) is 13.9. The molecule has 1 aliphatic rings. The summed E-state index contributed by atoms with van der Waals surface area (Å²) in [5.41, 5.74) is 7.34. The number of thioether (sulfide) groups is 1. The third kappa shape index (κ3) is 6.23. The molecule has 0 aliphatic carbocycles. The molecular weight excluding hydrogens is 406 g/mol. The van der Waals surface area contributed by atoms with Gasteiger partial charge in [0, 0.05) is 28.7 Å². The van der Waals surface area contributed by atoms with E-state index in [4.69, 9.17) is 17.3 Å². The second kappa shape index (κ2) is 10.1. The Morgan fingerprint density at radius 2 is 1.97 bits per heavy atom. The number of amides is 2. The van der Waals surface area contributed by atoms with Crippen LogP contribution in [0.25, 0.3) is 0 Å². The molecule has 1 heterocycles. The number of anilines is 1. The van der Waals surface area contributed by atoms with Gasteiger partial charge in [0.1, 0.15) is 0 Å². The van der Waals surface area contributed by atoms with Crippen molar-refractivity contribution in [3.8, 4) is 0 Å². The number of benzene rings is 2. The summed E-state index contributed by atoms with van der Waals surface area (Å²) in [5.74, 6) is -0.378. The second-order valence-corrected chi connectivity index (χ2v) is 9.19. The molecule has 0 bridgehead atoms. The van der Waals surface area contributed by atoms with Gasteiger partial charge in [-0.3, -0.25) is 14.5 Å². The van der Waals surface area contributed by atoms with Crippen LogP contribution in [0.15, 0.2) is 53.4 Å². The van der Waals surface area contributed by atoms with Gasteiger partial charge in [-0.25, -0.2) is 0 Å². The smallest absolute Gasteiger partial charge is 0.237 e. The fourth-order valence-corrected chi connectivity index (χ4v) is 4.45. The Labute approximate surface area is 181 Å². The van der Waals surface area contributed by atoms with Crippen LogP contribution < -0.4 is 11.1 Å². The second-order valence-electron chi connectivity index (χ2n) is 7.34. The Hall–Kier alpha value is -2.02. The van der Waals surface area contributed by atoms with Crippen LogP contribution in [0.2, 0.25) is 5.02 Å². The minimum absolute atomic E-state index is 0.0499. The van der Waals surface area contributed by atoms with Crippen molar-refractivity contribution >= 4 is 40.9 Å². The number of carbonyl (C=O) groups is 2. The Morgan fingerprint density at radius 1 is 1.24 bits per heavy atom. The molecule has 2 unspecified atom stereocenters. The molecule has 7 heteroatoms. The van der Waals surface area contributed by atoms with Gasteiger partial charge in [0.15, 0.2) is 0 Å². The van der Waals surface area contributed by atoms with E-state index in [1.807, 2.05) is 55.5 Å². The molecule has 3 rings (SSSR count). The Morgan fingerprint density at radius 3 is 2.69 bits per heavy atom. The van der Waals surface area contributed by atoms with Gasteiger partial charge in [0.2, 0.25) is 11.8 Å². The van der Waals surface area contributed by atoms with Crippen molar-refractivity contribution in [3.63, 3.8) is 0 Å². The van der Waals surface area contributed by atoms with Crippen molar-refractivity contribution in [2.24, 2.45) is 11.7 Å². The predicted molar refractivity (Wildman–Crippen MR) is 119 cm³/mol. The van der Waals surface area contributed by atoms with Crippen molar-refractivity contribution in [3.05, 3.63) is 59.1 Å². The number of halogens is 1. The SMILES string of the molecule is CC(Sc1ccc(Cl)cc1)C(=O)Nc1ccccc1CN1CCCC(C(N)=O)C1. The Balaban J connectivity index is 1.63. The quantitative estimate of drug-likeness (QED) is 0.645. The van der Waals surface area contributed by atoms with Crippen LogP contribution in [0.4, 0.5) is 5.69 Å². The van der Waals surface area contributed by atoms with E-state index in [2.05, 4.69) is 10.2 Å². The molecule has 5 nitrogen and oxygen atoms in total. The van der Waals surface area contributed by atoms with Crippen molar-refractivity contribution in [1.82, 2.24) is 4.90 Å². The number of nitrogens with one attached hydrogen (secondary N) is 1. The van der Waals surface area contributed by atoms with Gasteiger partial charge in [-0.2, -0.15) is 0 Å². The highest BCUT2D eigenvalue weighted by Gasteiger charge is 2.24. The minimum atomic E-state index is -0.251. The van der Waals surface area contributed by atoms with E-state index in [0.717, 1.165) is 35.5 Å². The number of likely N-dealkylation sites (tertiary alicyclic amines) is 1. The van der Waals surface area contributed by atoms with Gasteiger partial charge >= 0.3 is 0 Å².